The van der Waals surface area contributed by atoms with E-state index in [2.05, 4.69) is 0 Å². The Morgan fingerprint density at radius 1 is 0.350 bits per heavy atom. The average Bonchev–Trinajstić information content (AvgIpc) is 3.03. The van der Waals surface area contributed by atoms with E-state index in [1.807, 2.05) is 0 Å². The lowest BCUT2D eigenvalue weighted by Gasteiger charge is -2.54. The van der Waals surface area contributed by atoms with Crippen molar-refractivity contribution >= 4 is 11.8 Å². The van der Waals surface area contributed by atoms with Crippen LogP contribution in [-0.4, -0.2) is 158 Å². The number of hydrogen-bond acceptors (Lipinski definition) is 2. The number of carbonyl (C=O) groups is 2. The minimum atomic E-state index is -8.12. The van der Waals surface area contributed by atoms with E-state index in [-0.39, 0.29) is 82.2 Å². The Morgan fingerprint density at radius 3 is 0.750 bits per heavy atom. The van der Waals surface area contributed by atoms with Gasteiger partial charge in [-0.2, -0.15) is 114 Å². The molecule has 0 spiro atoms. The highest BCUT2D eigenvalue weighted by molar-refractivity contribution is 5.77. The van der Waals surface area contributed by atoms with Crippen molar-refractivity contribution in [2.24, 2.45) is 0 Å². The number of amides is 2. The van der Waals surface area contributed by atoms with Crippen molar-refractivity contribution in [2.45, 2.75) is 84.4 Å². The lowest BCUT2D eigenvalue weighted by Crippen LogP contribution is -3.00. The van der Waals surface area contributed by atoms with Gasteiger partial charge in [-0.25, -0.2) is 0 Å². The van der Waals surface area contributed by atoms with Crippen molar-refractivity contribution < 1.29 is 167 Å². The molecule has 3 heterocycles. The zero-order valence-corrected chi connectivity index (χ0v) is 32.0. The van der Waals surface area contributed by atoms with Crippen molar-refractivity contribution in [3.8, 4) is 0 Å². The summed E-state index contributed by atoms with van der Waals surface area (Å²) in [5.41, 5.74) is 0. The molecule has 0 radical (unpaired) electrons. The van der Waals surface area contributed by atoms with Crippen LogP contribution in [0.4, 0.5) is 114 Å². The second-order valence-electron chi connectivity index (χ2n) is 13.5. The predicted octanol–water partition coefficient (Wildman–Crippen LogP) is 1.15. The van der Waals surface area contributed by atoms with Crippen LogP contribution in [0.25, 0.3) is 0 Å². The highest BCUT2D eigenvalue weighted by atomic mass is 79.9. The average molecular weight is 1080 g/mol. The SMILES string of the molecule is O=C(C[N+]12CC[N+](CC(=O)NCCC(F)(F)C(F)(F)C(F)(F)C(F)(F)C(F)(F)C(F)(F)F)(CC1)CC2)NCCC(F)(F)C(F)(F)C(F)(F)C(F)(F)C(F)(F)C(F)(F)F.[Br-].[Br-]. The maximum atomic E-state index is 14.0. The summed E-state index contributed by atoms with van der Waals surface area (Å²) >= 11 is 0. The Labute approximate surface area is 339 Å². The van der Waals surface area contributed by atoms with Gasteiger partial charge in [0.15, 0.2) is 13.1 Å². The second-order valence-corrected chi connectivity index (χ2v) is 13.5. The molecular formula is C26H26Br2F26N4O2. The molecular weight excluding hydrogens is 1050 g/mol. The van der Waals surface area contributed by atoms with Crippen LogP contribution in [-0.2, 0) is 9.59 Å². The number of quaternary nitrogens is 2. The molecule has 3 aliphatic heterocycles. The Kier molecular flexibility index (Phi) is 16.6. The summed E-state index contributed by atoms with van der Waals surface area (Å²) in [6.07, 6.45) is -20.6. The molecule has 2 amide bonds. The highest BCUT2D eigenvalue weighted by Crippen LogP contribution is 2.62. The number of nitrogens with one attached hydrogen (secondary N) is 2. The van der Waals surface area contributed by atoms with E-state index in [4.69, 9.17) is 0 Å². The molecule has 3 aliphatic rings. The topological polar surface area (TPSA) is 58.2 Å². The third-order valence-corrected chi connectivity index (χ3v) is 9.62. The van der Waals surface area contributed by atoms with E-state index in [1.165, 1.54) is 10.6 Å². The van der Waals surface area contributed by atoms with E-state index in [9.17, 15) is 124 Å². The van der Waals surface area contributed by atoms with Crippen molar-refractivity contribution in [3.63, 3.8) is 0 Å². The summed E-state index contributed by atoms with van der Waals surface area (Å²) in [6, 6.07) is 0. The molecule has 0 aromatic rings. The lowest BCUT2D eigenvalue weighted by molar-refractivity contribution is -1.07. The number of halogens is 28. The number of hydrogen-bond donors (Lipinski definition) is 2. The fraction of sp³-hybridized carbons (Fsp3) is 0.923. The molecule has 2 bridgehead atoms. The Bertz CT molecular complexity index is 1380. The van der Waals surface area contributed by atoms with Crippen LogP contribution in [0.5, 0.6) is 0 Å². The van der Waals surface area contributed by atoms with E-state index < -0.39 is 122 Å². The maximum Gasteiger partial charge on any atom is 0.460 e. The Balaban J connectivity index is 0.0000174. The van der Waals surface area contributed by atoms with Gasteiger partial charge in [0, 0.05) is 25.9 Å². The molecule has 0 aliphatic carbocycles. The smallest absolute Gasteiger partial charge is 0.460 e. The van der Waals surface area contributed by atoms with Crippen LogP contribution in [0, 0.1) is 0 Å². The van der Waals surface area contributed by atoms with Crippen LogP contribution in [0.2, 0.25) is 0 Å². The minimum absolute atomic E-state index is 0. The fourth-order valence-corrected chi connectivity index (χ4v) is 5.77. The number of rotatable bonds is 18. The van der Waals surface area contributed by atoms with Crippen molar-refractivity contribution in [1.82, 2.24) is 10.6 Å². The minimum Gasteiger partial charge on any atom is -1.00 e. The van der Waals surface area contributed by atoms with Gasteiger partial charge >= 0.3 is 71.6 Å². The van der Waals surface area contributed by atoms with Gasteiger partial charge in [-0.05, 0) is 0 Å². The number of alkyl halides is 26. The van der Waals surface area contributed by atoms with Crippen molar-refractivity contribution in [2.75, 3.05) is 65.4 Å². The number of fused-ring (bicyclic) bond motifs is 3. The Hall–Kier alpha value is -2.00. The molecule has 6 nitrogen and oxygen atoms in total. The second kappa shape index (κ2) is 17.2. The van der Waals surface area contributed by atoms with Gasteiger partial charge in [0.05, 0.1) is 0 Å². The quantitative estimate of drug-likeness (QED) is 0.160. The number of nitrogens with zero attached hydrogens (tertiary/aromatic N) is 2. The van der Waals surface area contributed by atoms with Crippen LogP contribution < -0.4 is 44.6 Å². The first-order valence-electron chi connectivity index (χ1n) is 15.5. The van der Waals surface area contributed by atoms with E-state index in [0.29, 0.717) is 0 Å². The molecule has 0 aromatic carbocycles. The van der Waals surface area contributed by atoms with Crippen LogP contribution in [0.15, 0.2) is 0 Å². The Morgan fingerprint density at radius 2 is 0.550 bits per heavy atom. The predicted molar refractivity (Wildman–Crippen MR) is 136 cm³/mol. The van der Waals surface area contributed by atoms with Crippen molar-refractivity contribution in [1.29, 1.82) is 0 Å². The van der Waals surface area contributed by atoms with E-state index in [0.717, 1.165) is 0 Å². The van der Waals surface area contributed by atoms with E-state index in [1.54, 1.807) is 0 Å². The number of piperazine rings is 3. The highest BCUT2D eigenvalue weighted by Gasteiger charge is 2.92. The molecule has 3 saturated heterocycles. The molecule has 358 valence electrons. The summed E-state index contributed by atoms with van der Waals surface area (Å²) < 4.78 is 344. The molecule has 3 rings (SSSR count). The van der Waals surface area contributed by atoms with Gasteiger partial charge in [-0.15, -0.1) is 0 Å². The third-order valence-electron chi connectivity index (χ3n) is 9.62. The van der Waals surface area contributed by atoms with Gasteiger partial charge in [0.25, 0.3) is 11.8 Å². The zero-order valence-electron chi connectivity index (χ0n) is 28.8. The van der Waals surface area contributed by atoms with Crippen LogP contribution >= 0.6 is 0 Å². The molecule has 2 N–H and O–H groups in total. The van der Waals surface area contributed by atoms with Gasteiger partial charge in [0.2, 0.25) is 0 Å². The monoisotopic (exact) mass is 1080 g/mol. The molecule has 34 heteroatoms. The molecule has 60 heavy (non-hydrogen) atoms. The van der Waals surface area contributed by atoms with Gasteiger partial charge in [-0.3, -0.25) is 9.59 Å². The summed E-state index contributed by atoms with van der Waals surface area (Å²) in [5, 5.41) is 3.02. The summed E-state index contributed by atoms with van der Waals surface area (Å²) in [7, 11) is 0. The summed E-state index contributed by atoms with van der Waals surface area (Å²) in [4.78, 5) is 24.7. The molecule has 0 saturated carbocycles. The zero-order chi connectivity index (χ0) is 46.1. The molecule has 3 fully saturated rings. The maximum absolute atomic E-state index is 14.0. The van der Waals surface area contributed by atoms with Gasteiger partial charge in [0.1, 0.15) is 39.3 Å². The first-order chi connectivity index (χ1) is 25.3. The molecule has 0 unspecified atom stereocenters. The van der Waals surface area contributed by atoms with E-state index >= 15 is 0 Å². The molecule has 0 aromatic heterocycles. The van der Waals surface area contributed by atoms with Gasteiger partial charge < -0.3 is 53.6 Å². The normalized spacial score (nSPS) is 21.8. The standard InChI is InChI=1S/C26H24F26N4O2.2BrH/c27-15(28,17(31,32)19(35,36)21(39,40)23(43,44)25(47,48)49)1-3-53-13(57)11-55-5-8-56(9-6-55,10-7-55)12-14(58)54-4-2-16(29,30)18(33,34)20(37,38)22(41,42)24(45,46)26(50,51)52;;/h1-12H2;2*1H. The number of carbonyl (C=O) groups excluding carboxylic acids is 2. The first-order valence-corrected chi connectivity index (χ1v) is 15.5. The third kappa shape index (κ3) is 9.58. The van der Waals surface area contributed by atoms with Gasteiger partial charge in [-0.1, -0.05) is 0 Å². The van der Waals surface area contributed by atoms with Crippen LogP contribution in [0.3, 0.4) is 0 Å². The molecule has 0 atom stereocenters. The van der Waals surface area contributed by atoms with Crippen LogP contribution in [0.1, 0.15) is 12.8 Å². The summed E-state index contributed by atoms with van der Waals surface area (Å²) in [6.45, 7) is -5.96. The largest absolute Gasteiger partial charge is 1.00 e. The van der Waals surface area contributed by atoms with Crippen molar-refractivity contribution in [3.05, 3.63) is 0 Å². The lowest BCUT2D eigenvalue weighted by atomic mass is 9.92. The summed E-state index contributed by atoms with van der Waals surface area (Å²) in [5.74, 6) is -78.9. The first kappa shape index (κ1) is 58.0. The fourth-order valence-electron chi connectivity index (χ4n) is 5.77.